The van der Waals surface area contributed by atoms with Crippen molar-refractivity contribution in [2.75, 3.05) is 19.6 Å². The fraction of sp³-hybridized carbons (Fsp3) is 0.538. The molecule has 2 aliphatic heterocycles. The van der Waals surface area contributed by atoms with Gasteiger partial charge in [0.1, 0.15) is 0 Å². The van der Waals surface area contributed by atoms with E-state index in [1.165, 1.54) is 0 Å². The van der Waals surface area contributed by atoms with Crippen molar-refractivity contribution in [1.82, 2.24) is 24.9 Å². The molecule has 0 radical (unpaired) electrons. The zero-order valence-electron chi connectivity index (χ0n) is 20.0. The molecule has 1 saturated heterocycles. The van der Waals surface area contributed by atoms with E-state index in [0.29, 0.717) is 50.8 Å². The molecule has 2 fully saturated rings. The predicted octanol–water partition coefficient (Wildman–Crippen LogP) is 1.99. The largest absolute Gasteiger partial charge is 0.353 e. The van der Waals surface area contributed by atoms with Crippen LogP contribution >= 0.6 is 0 Å². The van der Waals surface area contributed by atoms with E-state index < -0.39 is 0 Å². The number of hydrogen-bond acceptors (Lipinski definition) is 4. The fourth-order valence-corrected chi connectivity index (χ4v) is 5.16. The van der Waals surface area contributed by atoms with Crippen LogP contribution in [0, 0.1) is 12.8 Å². The molecule has 0 spiro atoms. The van der Waals surface area contributed by atoms with Crippen molar-refractivity contribution >= 4 is 17.7 Å². The van der Waals surface area contributed by atoms with Crippen molar-refractivity contribution in [2.24, 2.45) is 13.0 Å². The second-order valence-corrected chi connectivity index (χ2v) is 10.0. The second kappa shape index (κ2) is 9.24. The van der Waals surface area contributed by atoms with Crippen molar-refractivity contribution in [3.63, 3.8) is 0 Å². The Morgan fingerprint density at radius 2 is 1.94 bits per heavy atom. The van der Waals surface area contributed by atoms with Crippen molar-refractivity contribution in [3.8, 4) is 0 Å². The number of rotatable bonds is 5. The van der Waals surface area contributed by atoms with E-state index >= 15 is 0 Å². The lowest BCUT2D eigenvalue weighted by atomic mass is 9.96. The molecule has 8 heteroatoms. The molecule has 1 aromatic heterocycles. The molecule has 0 unspecified atom stereocenters. The number of carbonyl (C=O) groups is 3. The number of piperidine rings is 1. The van der Waals surface area contributed by atoms with Gasteiger partial charge in [0.05, 0.1) is 12.3 Å². The summed E-state index contributed by atoms with van der Waals surface area (Å²) in [5.41, 5.74) is 4.43. The highest BCUT2D eigenvalue weighted by Crippen LogP contribution is 2.27. The minimum Gasteiger partial charge on any atom is -0.353 e. The summed E-state index contributed by atoms with van der Waals surface area (Å²) in [7, 11) is 1.86. The van der Waals surface area contributed by atoms with Gasteiger partial charge in [-0.15, -0.1) is 0 Å². The SMILES string of the molecule is Cc1cccc(CC(=O)N2CCc3c(c(C(=O)N4CCC[C@H](C(=O)NC5CC5)C4)nn3C)C2)c1. The van der Waals surface area contributed by atoms with Crippen LogP contribution < -0.4 is 5.32 Å². The topological polar surface area (TPSA) is 87.5 Å². The first kappa shape index (κ1) is 22.6. The van der Waals surface area contributed by atoms with E-state index in [2.05, 4.69) is 10.4 Å². The number of benzene rings is 1. The normalized spacial score (nSPS) is 20.1. The van der Waals surface area contributed by atoms with Crippen molar-refractivity contribution < 1.29 is 14.4 Å². The highest BCUT2D eigenvalue weighted by atomic mass is 16.2. The predicted molar refractivity (Wildman–Crippen MR) is 127 cm³/mol. The maximum atomic E-state index is 13.5. The highest BCUT2D eigenvalue weighted by Gasteiger charge is 2.35. The van der Waals surface area contributed by atoms with Gasteiger partial charge in [0, 0.05) is 56.9 Å². The Morgan fingerprint density at radius 3 is 2.71 bits per heavy atom. The molecule has 8 nitrogen and oxygen atoms in total. The Morgan fingerprint density at radius 1 is 1.12 bits per heavy atom. The Kier molecular flexibility index (Phi) is 6.15. The number of hydrogen-bond donors (Lipinski definition) is 1. The van der Waals surface area contributed by atoms with E-state index in [9.17, 15) is 14.4 Å². The van der Waals surface area contributed by atoms with Crippen LogP contribution in [0.5, 0.6) is 0 Å². The summed E-state index contributed by atoms with van der Waals surface area (Å²) in [4.78, 5) is 42.7. The lowest BCUT2D eigenvalue weighted by molar-refractivity contribution is -0.131. The summed E-state index contributed by atoms with van der Waals surface area (Å²) in [6.45, 7) is 4.10. The minimum atomic E-state index is -0.162. The van der Waals surface area contributed by atoms with Gasteiger partial charge in [-0.3, -0.25) is 19.1 Å². The van der Waals surface area contributed by atoms with Gasteiger partial charge >= 0.3 is 0 Å². The number of aromatic nitrogens is 2. The third-order valence-electron chi connectivity index (χ3n) is 7.24. The maximum absolute atomic E-state index is 13.5. The molecule has 5 rings (SSSR count). The van der Waals surface area contributed by atoms with Crippen molar-refractivity contribution in [2.45, 2.75) is 58.0 Å². The average molecular weight is 464 g/mol. The van der Waals surface area contributed by atoms with E-state index in [0.717, 1.165) is 48.1 Å². The van der Waals surface area contributed by atoms with Gasteiger partial charge in [0.25, 0.3) is 5.91 Å². The van der Waals surface area contributed by atoms with E-state index in [1.54, 1.807) is 9.58 Å². The van der Waals surface area contributed by atoms with Gasteiger partial charge in [-0.1, -0.05) is 29.8 Å². The van der Waals surface area contributed by atoms with Crippen LogP contribution in [0.25, 0.3) is 0 Å². The van der Waals surface area contributed by atoms with Crippen LogP contribution in [-0.4, -0.2) is 63.0 Å². The first-order chi connectivity index (χ1) is 16.4. The first-order valence-corrected chi connectivity index (χ1v) is 12.4. The molecule has 3 heterocycles. The Bertz CT molecular complexity index is 1120. The fourth-order valence-electron chi connectivity index (χ4n) is 5.16. The number of nitrogens with one attached hydrogen (secondary N) is 1. The summed E-state index contributed by atoms with van der Waals surface area (Å²) < 4.78 is 1.78. The zero-order valence-corrected chi connectivity index (χ0v) is 20.0. The van der Waals surface area contributed by atoms with E-state index in [-0.39, 0.29) is 23.6 Å². The number of likely N-dealkylation sites (tertiary alicyclic amines) is 1. The van der Waals surface area contributed by atoms with E-state index in [1.807, 2.05) is 43.1 Å². The second-order valence-electron chi connectivity index (χ2n) is 10.0. The van der Waals surface area contributed by atoms with Crippen LogP contribution in [0.3, 0.4) is 0 Å². The summed E-state index contributed by atoms with van der Waals surface area (Å²) in [6, 6.07) is 8.34. The summed E-state index contributed by atoms with van der Waals surface area (Å²) in [5.74, 6) is -0.164. The van der Waals surface area contributed by atoms with Crippen LogP contribution in [-0.2, 0) is 36.0 Å². The van der Waals surface area contributed by atoms with Gasteiger partial charge in [-0.25, -0.2) is 0 Å². The third kappa shape index (κ3) is 4.72. The number of fused-ring (bicyclic) bond motifs is 1. The number of carbonyl (C=O) groups excluding carboxylic acids is 3. The first-order valence-electron chi connectivity index (χ1n) is 12.4. The van der Waals surface area contributed by atoms with Crippen molar-refractivity contribution in [1.29, 1.82) is 0 Å². The van der Waals surface area contributed by atoms with Crippen LogP contribution in [0.2, 0.25) is 0 Å². The molecule has 0 bridgehead atoms. The van der Waals surface area contributed by atoms with E-state index in [4.69, 9.17) is 0 Å². The molecule has 180 valence electrons. The van der Waals surface area contributed by atoms with Crippen LogP contribution in [0.1, 0.15) is 58.6 Å². The maximum Gasteiger partial charge on any atom is 0.274 e. The quantitative estimate of drug-likeness (QED) is 0.735. The Hall–Kier alpha value is -3.16. The van der Waals surface area contributed by atoms with Gasteiger partial charge in [-0.2, -0.15) is 5.10 Å². The molecule has 2 aromatic rings. The van der Waals surface area contributed by atoms with Crippen LogP contribution in [0.4, 0.5) is 0 Å². The molecule has 1 aliphatic carbocycles. The smallest absolute Gasteiger partial charge is 0.274 e. The lowest BCUT2D eigenvalue weighted by Gasteiger charge is -2.32. The molecule has 3 aliphatic rings. The van der Waals surface area contributed by atoms with Gasteiger partial charge in [-0.05, 0) is 38.2 Å². The summed E-state index contributed by atoms with van der Waals surface area (Å²) in [5, 5.41) is 7.65. The van der Waals surface area contributed by atoms with Gasteiger partial charge < -0.3 is 15.1 Å². The molecule has 1 saturated carbocycles. The molecule has 34 heavy (non-hydrogen) atoms. The molecule has 1 atom stereocenters. The minimum absolute atomic E-state index is 0.0632. The Labute approximate surface area is 200 Å². The summed E-state index contributed by atoms with van der Waals surface area (Å²) >= 11 is 0. The molecule has 1 N–H and O–H groups in total. The molecular formula is C26H33N5O3. The average Bonchev–Trinajstić information content (AvgIpc) is 3.59. The third-order valence-corrected chi connectivity index (χ3v) is 7.24. The molecule has 3 amide bonds. The number of amides is 3. The number of aryl methyl sites for hydroxylation is 2. The standard InChI is InChI=1S/C26H33N5O3/c1-17-5-3-6-18(13-17)14-23(32)30-12-10-22-21(16-30)24(28-29(22)2)26(34)31-11-4-7-19(15-31)25(33)27-20-8-9-20/h3,5-6,13,19-20H,4,7-12,14-16H2,1-2H3,(H,27,33)/t19-/m0/s1. The highest BCUT2D eigenvalue weighted by molar-refractivity contribution is 5.95. The molecular weight excluding hydrogens is 430 g/mol. The molecule has 1 aromatic carbocycles. The lowest BCUT2D eigenvalue weighted by Crippen LogP contribution is -2.46. The number of nitrogens with zero attached hydrogens (tertiary/aromatic N) is 4. The van der Waals surface area contributed by atoms with Crippen molar-refractivity contribution in [3.05, 3.63) is 52.3 Å². The van der Waals surface area contributed by atoms with Crippen LogP contribution in [0.15, 0.2) is 24.3 Å². The summed E-state index contributed by atoms with van der Waals surface area (Å²) in [6.07, 6.45) is 4.76. The zero-order chi connectivity index (χ0) is 23.8. The van der Waals surface area contributed by atoms with Gasteiger partial charge in [0.15, 0.2) is 5.69 Å². The Balaban J connectivity index is 1.29. The van der Waals surface area contributed by atoms with Gasteiger partial charge in [0.2, 0.25) is 11.8 Å². The monoisotopic (exact) mass is 463 g/mol.